The van der Waals surface area contributed by atoms with Crippen LogP contribution in [0.3, 0.4) is 0 Å². The van der Waals surface area contributed by atoms with Gasteiger partial charge in [0.1, 0.15) is 5.82 Å². The number of piperidine rings is 1. The Morgan fingerprint density at radius 2 is 2.14 bits per heavy atom. The lowest BCUT2D eigenvalue weighted by Crippen LogP contribution is -2.49. The molecule has 0 unspecified atom stereocenters. The van der Waals surface area contributed by atoms with Crippen LogP contribution < -0.4 is 10.6 Å². The number of fused-ring (bicyclic) bond motifs is 1. The zero-order valence-corrected chi connectivity index (χ0v) is 17.1. The van der Waals surface area contributed by atoms with Crippen LogP contribution >= 0.6 is 0 Å². The number of nitrogens with zero attached hydrogens (tertiary/aromatic N) is 5. The first-order valence-electron chi connectivity index (χ1n) is 10.3. The van der Waals surface area contributed by atoms with Gasteiger partial charge in [-0.15, -0.1) is 10.2 Å². The summed E-state index contributed by atoms with van der Waals surface area (Å²) in [6, 6.07) is 6.44. The van der Waals surface area contributed by atoms with Crippen molar-refractivity contribution < 1.29 is 4.74 Å². The number of hydrogen-bond donors (Lipinski definition) is 2. The van der Waals surface area contributed by atoms with E-state index in [0.717, 1.165) is 82.4 Å². The molecule has 0 bridgehead atoms. The summed E-state index contributed by atoms with van der Waals surface area (Å²) in [5, 5.41) is 15.5. The summed E-state index contributed by atoms with van der Waals surface area (Å²) in [4.78, 5) is 7.23. The number of hydrogen-bond acceptors (Lipinski definition) is 5. The van der Waals surface area contributed by atoms with E-state index in [2.05, 4.69) is 32.7 Å². The fourth-order valence-corrected chi connectivity index (χ4v) is 3.52. The molecule has 3 rings (SSSR count). The number of pyridine rings is 1. The van der Waals surface area contributed by atoms with Crippen molar-refractivity contribution in [3.8, 4) is 0 Å². The Labute approximate surface area is 167 Å². The maximum atomic E-state index is 5.18. The Morgan fingerprint density at radius 1 is 1.29 bits per heavy atom. The molecular formula is C20H33N7O. The number of aryl methyl sites for hydroxylation is 1. The van der Waals surface area contributed by atoms with Gasteiger partial charge in [-0.25, -0.2) is 0 Å². The summed E-state index contributed by atoms with van der Waals surface area (Å²) in [5.41, 5.74) is 0.896. The highest BCUT2D eigenvalue weighted by atomic mass is 16.5. The van der Waals surface area contributed by atoms with Crippen LogP contribution in [0.4, 0.5) is 0 Å². The van der Waals surface area contributed by atoms with Gasteiger partial charge in [-0.3, -0.25) is 9.39 Å². The molecule has 0 aromatic carbocycles. The van der Waals surface area contributed by atoms with E-state index < -0.39 is 0 Å². The molecule has 3 heterocycles. The van der Waals surface area contributed by atoms with Crippen LogP contribution in [0, 0.1) is 0 Å². The second kappa shape index (κ2) is 11.0. The second-order valence-electron chi connectivity index (χ2n) is 7.16. The van der Waals surface area contributed by atoms with E-state index in [1.807, 2.05) is 28.8 Å². The number of rotatable bonds is 9. The van der Waals surface area contributed by atoms with Crippen molar-refractivity contribution in [2.24, 2.45) is 4.99 Å². The summed E-state index contributed by atoms with van der Waals surface area (Å²) < 4.78 is 7.22. The highest BCUT2D eigenvalue weighted by molar-refractivity contribution is 5.80. The molecule has 0 atom stereocenters. The zero-order chi connectivity index (χ0) is 19.6. The number of nitrogens with one attached hydrogen (secondary N) is 2. The van der Waals surface area contributed by atoms with Crippen LogP contribution in [-0.2, 0) is 11.2 Å². The van der Waals surface area contributed by atoms with Crippen LogP contribution in [0.25, 0.3) is 5.65 Å². The molecule has 1 saturated heterocycles. The van der Waals surface area contributed by atoms with Gasteiger partial charge in [-0.05, 0) is 38.3 Å². The third kappa shape index (κ3) is 5.90. The number of likely N-dealkylation sites (tertiary alicyclic amines) is 1. The third-order valence-electron chi connectivity index (χ3n) is 5.10. The summed E-state index contributed by atoms with van der Waals surface area (Å²) >= 11 is 0. The van der Waals surface area contributed by atoms with Crippen molar-refractivity contribution in [2.45, 2.75) is 38.6 Å². The number of ether oxygens (including phenoxy) is 1. The van der Waals surface area contributed by atoms with Gasteiger partial charge in [0, 0.05) is 58.5 Å². The van der Waals surface area contributed by atoms with Gasteiger partial charge in [0.2, 0.25) is 0 Å². The summed E-state index contributed by atoms with van der Waals surface area (Å²) in [6.07, 6.45) is 6.10. The van der Waals surface area contributed by atoms with Crippen molar-refractivity contribution in [2.75, 3.05) is 46.4 Å². The predicted molar refractivity (Wildman–Crippen MR) is 112 cm³/mol. The van der Waals surface area contributed by atoms with Crippen molar-refractivity contribution in [3.63, 3.8) is 0 Å². The fourth-order valence-electron chi connectivity index (χ4n) is 3.52. The maximum Gasteiger partial charge on any atom is 0.191 e. The Bertz CT molecular complexity index is 737. The second-order valence-corrected chi connectivity index (χ2v) is 7.16. The molecule has 8 heteroatoms. The number of aliphatic imine (C=N–C) groups is 1. The first kappa shape index (κ1) is 20.5. The first-order valence-corrected chi connectivity index (χ1v) is 10.3. The third-order valence-corrected chi connectivity index (χ3v) is 5.10. The highest BCUT2D eigenvalue weighted by Gasteiger charge is 2.19. The lowest BCUT2D eigenvalue weighted by molar-refractivity contribution is 0.128. The average molecular weight is 388 g/mol. The Morgan fingerprint density at radius 3 is 2.93 bits per heavy atom. The van der Waals surface area contributed by atoms with Crippen molar-refractivity contribution in [1.29, 1.82) is 0 Å². The van der Waals surface area contributed by atoms with Crippen LogP contribution in [0.2, 0.25) is 0 Å². The Balaban J connectivity index is 1.44. The minimum Gasteiger partial charge on any atom is -0.383 e. The van der Waals surface area contributed by atoms with E-state index in [1.165, 1.54) is 0 Å². The topological polar surface area (TPSA) is 79.1 Å². The standard InChI is InChI=1S/C20H33N7O/c1-3-21-20(23-17-9-13-26(14-10-17)15-16-28-2)22-11-6-8-19-25-24-18-7-4-5-12-27(18)19/h4-5,7,12,17H,3,6,8-11,13-16H2,1-2H3,(H2,21,22,23). The number of methoxy groups -OCH3 is 1. The van der Waals surface area contributed by atoms with Gasteiger partial charge in [-0.1, -0.05) is 6.07 Å². The minimum atomic E-state index is 0.483. The molecule has 0 saturated carbocycles. The molecule has 2 N–H and O–H groups in total. The molecule has 154 valence electrons. The molecule has 1 fully saturated rings. The van der Waals surface area contributed by atoms with Crippen molar-refractivity contribution in [3.05, 3.63) is 30.2 Å². The number of aromatic nitrogens is 3. The maximum absolute atomic E-state index is 5.18. The largest absolute Gasteiger partial charge is 0.383 e. The molecule has 0 radical (unpaired) electrons. The van der Waals surface area contributed by atoms with Crippen LogP contribution in [0.5, 0.6) is 0 Å². The van der Waals surface area contributed by atoms with Crippen molar-refractivity contribution >= 4 is 11.6 Å². The summed E-state index contributed by atoms with van der Waals surface area (Å²) in [6.45, 7) is 7.79. The SMILES string of the molecule is CCNC(=NCCCc1nnc2ccccn12)NC1CCN(CCOC)CC1. The highest BCUT2D eigenvalue weighted by Crippen LogP contribution is 2.10. The predicted octanol–water partition coefficient (Wildman–Crippen LogP) is 1.33. The van der Waals surface area contributed by atoms with Crippen LogP contribution in [0.1, 0.15) is 32.0 Å². The van der Waals surface area contributed by atoms with E-state index in [9.17, 15) is 0 Å². The molecule has 8 nitrogen and oxygen atoms in total. The molecule has 2 aromatic heterocycles. The monoisotopic (exact) mass is 387 g/mol. The molecule has 1 aliphatic rings. The molecule has 0 spiro atoms. The van der Waals surface area contributed by atoms with E-state index in [-0.39, 0.29) is 0 Å². The van der Waals surface area contributed by atoms with Gasteiger partial charge in [0.05, 0.1) is 6.61 Å². The van der Waals surface area contributed by atoms with Crippen LogP contribution in [0.15, 0.2) is 29.4 Å². The summed E-state index contributed by atoms with van der Waals surface area (Å²) in [5.74, 6) is 1.91. The van der Waals surface area contributed by atoms with Crippen LogP contribution in [-0.4, -0.2) is 77.9 Å². The van der Waals surface area contributed by atoms with Crippen molar-refractivity contribution in [1.82, 2.24) is 30.1 Å². The van der Waals surface area contributed by atoms with E-state index >= 15 is 0 Å². The molecule has 2 aromatic rings. The molecule has 0 amide bonds. The van der Waals surface area contributed by atoms with E-state index in [0.29, 0.717) is 6.04 Å². The molecule has 28 heavy (non-hydrogen) atoms. The number of guanidine groups is 1. The smallest absolute Gasteiger partial charge is 0.191 e. The first-order chi connectivity index (χ1) is 13.8. The van der Waals surface area contributed by atoms with Gasteiger partial charge in [-0.2, -0.15) is 0 Å². The average Bonchev–Trinajstić information content (AvgIpc) is 3.14. The van der Waals surface area contributed by atoms with Gasteiger partial charge >= 0.3 is 0 Å². The van der Waals surface area contributed by atoms with E-state index in [1.54, 1.807) is 7.11 Å². The van der Waals surface area contributed by atoms with Gasteiger partial charge in [0.15, 0.2) is 11.6 Å². The zero-order valence-electron chi connectivity index (χ0n) is 17.1. The molecule has 0 aliphatic carbocycles. The summed E-state index contributed by atoms with van der Waals surface area (Å²) in [7, 11) is 1.76. The molecular weight excluding hydrogens is 354 g/mol. The Hall–Kier alpha value is -2.19. The lowest BCUT2D eigenvalue weighted by atomic mass is 10.1. The normalized spacial score (nSPS) is 16.6. The Kier molecular flexibility index (Phi) is 8.05. The minimum absolute atomic E-state index is 0.483. The molecule has 1 aliphatic heterocycles. The lowest BCUT2D eigenvalue weighted by Gasteiger charge is -2.32. The van der Waals surface area contributed by atoms with Gasteiger partial charge < -0.3 is 20.3 Å². The van der Waals surface area contributed by atoms with E-state index in [4.69, 9.17) is 9.73 Å². The quantitative estimate of drug-likeness (QED) is 0.384. The van der Waals surface area contributed by atoms with Gasteiger partial charge in [0.25, 0.3) is 0 Å². The fraction of sp³-hybridized carbons (Fsp3) is 0.650.